The maximum Gasteiger partial charge on any atom is 0.240 e. The summed E-state index contributed by atoms with van der Waals surface area (Å²) < 4.78 is 55.3. The Morgan fingerprint density at radius 2 is 1.65 bits per heavy atom. The number of rotatable bonds is 10. The summed E-state index contributed by atoms with van der Waals surface area (Å²) in [6.45, 7) is 9.42. The van der Waals surface area contributed by atoms with Crippen molar-refractivity contribution in [3.05, 3.63) is 89.2 Å². The third-order valence-electron chi connectivity index (χ3n) is 7.30. The van der Waals surface area contributed by atoms with E-state index in [2.05, 4.69) is 30.8 Å². The van der Waals surface area contributed by atoms with Gasteiger partial charge in [-0.25, -0.2) is 17.5 Å². The van der Waals surface area contributed by atoms with Gasteiger partial charge in [-0.3, -0.25) is 10.8 Å². The van der Waals surface area contributed by atoms with Crippen LogP contribution < -0.4 is 14.8 Å². The molecule has 224 valence electrons. The third kappa shape index (κ3) is 6.17. The predicted octanol–water partition coefficient (Wildman–Crippen LogP) is 6.69. The van der Waals surface area contributed by atoms with Crippen LogP contribution in [0, 0.1) is 16.6 Å². The molecule has 8 nitrogen and oxygen atoms in total. The second-order valence-electron chi connectivity index (χ2n) is 11.4. The second-order valence-corrected chi connectivity index (χ2v) is 13.1. The zero-order valence-electron chi connectivity index (χ0n) is 24.6. The van der Waals surface area contributed by atoms with E-state index < -0.39 is 15.8 Å². The molecule has 0 atom stereocenters. The highest BCUT2D eigenvalue weighted by Crippen LogP contribution is 2.45. The van der Waals surface area contributed by atoms with Crippen molar-refractivity contribution in [2.24, 2.45) is 0 Å². The highest BCUT2D eigenvalue weighted by molar-refractivity contribution is 7.89. The van der Waals surface area contributed by atoms with Crippen LogP contribution in [0.5, 0.6) is 11.5 Å². The maximum absolute atomic E-state index is 15.4. The molecule has 0 bridgehead atoms. The van der Waals surface area contributed by atoms with Crippen LogP contribution in [0.15, 0.2) is 71.6 Å². The quantitative estimate of drug-likeness (QED) is 0.151. The minimum absolute atomic E-state index is 0.00863. The Morgan fingerprint density at radius 1 is 0.930 bits per heavy atom. The molecule has 0 aromatic heterocycles. The minimum atomic E-state index is -3.72. The molecular weight excluding hydrogens is 567 g/mol. The Balaban J connectivity index is 1.63. The highest BCUT2D eigenvalue weighted by Gasteiger charge is 2.30. The van der Waals surface area contributed by atoms with Crippen LogP contribution in [0.1, 0.15) is 50.8 Å². The summed E-state index contributed by atoms with van der Waals surface area (Å²) in [6.07, 6.45) is 0.561. The van der Waals surface area contributed by atoms with Gasteiger partial charge in [0.1, 0.15) is 29.0 Å². The van der Waals surface area contributed by atoms with E-state index in [9.17, 15) is 8.42 Å². The Kier molecular flexibility index (Phi) is 8.38. The van der Waals surface area contributed by atoms with E-state index in [4.69, 9.17) is 20.3 Å². The van der Waals surface area contributed by atoms with Crippen molar-refractivity contribution < 1.29 is 22.3 Å². The van der Waals surface area contributed by atoms with Crippen LogP contribution in [0.3, 0.4) is 0 Å². The summed E-state index contributed by atoms with van der Waals surface area (Å²) >= 11 is 0. The lowest BCUT2D eigenvalue weighted by Crippen LogP contribution is -2.25. The Labute approximate surface area is 251 Å². The Morgan fingerprint density at radius 3 is 2.33 bits per heavy atom. The van der Waals surface area contributed by atoms with Gasteiger partial charge in [0.05, 0.1) is 4.90 Å². The van der Waals surface area contributed by atoms with Crippen LogP contribution in [0.2, 0.25) is 0 Å². The smallest absolute Gasteiger partial charge is 0.240 e. The molecule has 1 aliphatic heterocycles. The molecule has 4 aromatic carbocycles. The van der Waals surface area contributed by atoms with E-state index in [1.54, 1.807) is 30.3 Å². The molecule has 0 spiro atoms. The van der Waals surface area contributed by atoms with Gasteiger partial charge in [0.15, 0.2) is 0 Å². The summed E-state index contributed by atoms with van der Waals surface area (Å²) in [5.74, 6) is 0.446. The molecule has 0 aliphatic carbocycles. The lowest BCUT2D eigenvalue weighted by molar-refractivity contribution is 0.146. The molecule has 0 saturated carbocycles. The maximum atomic E-state index is 15.4. The number of fused-ring (bicyclic) bond motifs is 2. The number of halogens is 1. The van der Waals surface area contributed by atoms with Crippen molar-refractivity contribution >= 4 is 32.5 Å². The molecule has 1 aliphatic rings. The number of sulfonamides is 1. The summed E-state index contributed by atoms with van der Waals surface area (Å²) in [5, 5.41) is 21.2. The van der Waals surface area contributed by atoms with E-state index in [1.807, 2.05) is 25.1 Å². The van der Waals surface area contributed by atoms with Gasteiger partial charge in [-0.05, 0) is 72.2 Å². The average molecular weight is 603 g/mol. The van der Waals surface area contributed by atoms with Crippen molar-refractivity contribution in [2.45, 2.75) is 44.4 Å². The summed E-state index contributed by atoms with van der Waals surface area (Å²) in [6, 6.07) is 18.2. The number of amidine groups is 2. The molecule has 4 N–H and O–H groups in total. The zero-order chi connectivity index (χ0) is 30.9. The number of hydrogen-bond acceptors (Lipinski definition) is 6. The molecule has 5 rings (SSSR count). The van der Waals surface area contributed by atoms with Crippen molar-refractivity contribution in [1.29, 1.82) is 10.8 Å². The molecule has 43 heavy (non-hydrogen) atoms. The molecule has 4 aromatic rings. The molecule has 0 fully saturated rings. The van der Waals surface area contributed by atoms with Crippen LogP contribution >= 0.6 is 0 Å². The van der Waals surface area contributed by atoms with Gasteiger partial charge in [-0.1, -0.05) is 45.0 Å². The number of hydrogen-bond donors (Lipinski definition) is 4. The Hall–Kier alpha value is -4.12. The fourth-order valence-corrected chi connectivity index (χ4v) is 6.16. The first-order valence-electron chi connectivity index (χ1n) is 14.1. The minimum Gasteiger partial charge on any atom is -0.457 e. The first-order chi connectivity index (χ1) is 20.4. The molecule has 0 radical (unpaired) electrons. The van der Waals surface area contributed by atoms with Crippen LogP contribution in [-0.4, -0.2) is 39.8 Å². The van der Waals surface area contributed by atoms with E-state index >= 15 is 4.39 Å². The van der Waals surface area contributed by atoms with Gasteiger partial charge in [0.2, 0.25) is 10.0 Å². The van der Waals surface area contributed by atoms with Crippen LogP contribution in [0.25, 0.3) is 21.9 Å². The van der Waals surface area contributed by atoms with Crippen molar-refractivity contribution in [3.8, 4) is 22.6 Å². The predicted molar refractivity (Wildman–Crippen MR) is 168 cm³/mol. The highest BCUT2D eigenvalue weighted by atomic mass is 32.2. The number of ether oxygens (including phenoxy) is 2. The third-order valence-corrected chi connectivity index (χ3v) is 8.78. The van der Waals surface area contributed by atoms with Crippen LogP contribution in [0.4, 0.5) is 4.39 Å². The van der Waals surface area contributed by atoms with E-state index in [-0.39, 0.29) is 34.1 Å². The fraction of sp³-hybridized carbons (Fsp3) is 0.273. The topological polar surface area (TPSA) is 124 Å². The van der Waals surface area contributed by atoms with Gasteiger partial charge < -0.3 is 14.8 Å². The standard InChI is InChI=1S/C33H35FN4O4S/c1-5-41-16-8-15-37-43(39,40)23-13-11-22(12-14-23)42-27-19-21(33(2,3)4)17-20-18-25-30(32(36)38-31(25)35)29(28(20)27)24-9-6-7-10-26(24)34/h6-7,9-14,17-19,37H,5,8,15-16H2,1-4H3,(H3,35,36,38). The van der Waals surface area contributed by atoms with E-state index in [0.29, 0.717) is 53.2 Å². The second kappa shape index (κ2) is 11.9. The fourth-order valence-electron chi connectivity index (χ4n) is 5.09. The normalized spacial score (nSPS) is 13.3. The summed E-state index contributed by atoms with van der Waals surface area (Å²) in [4.78, 5) is 0.104. The van der Waals surface area contributed by atoms with E-state index in [0.717, 1.165) is 10.9 Å². The Bertz CT molecular complexity index is 1830. The number of nitrogens with one attached hydrogen (secondary N) is 4. The lowest BCUT2D eigenvalue weighted by atomic mass is 9.83. The molecule has 1 heterocycles. The van der Waals surface area contributed by atoms with Gasteiger partial charge in [-0.15, -0.1) is 0 Å². The first kappa shape index (κ1) is 30.3. The zero-order valence-corrected chi connectivity index (χ0v) is 25.4. The van der Waals surface area contributed by atoms with Crippen molar-refractivity contribution in [1.82, 2.24) is 10.0 Å². The summed E-state index contributed by atoms with van der Waals surface area (Å²) in [7, 11) is -3.72. The largest absolute Gasteiger partial charge is 0.457 e. The van der Waals surface area contributed by atoms with Crippen LogP contribution in [-0.2, 0) is 20.2 Å². The van der Waals surface area contributed by atoms with Gasteiger partial charge in [0.25, 0.3) is 0 Å². The van der Waals surface area contributed by atoms with Crippen molar-refractivity contribution in [2.75, 3.05) is 19.8 Å². The molecule has 10 heteroatoms. The molecular formula is C33H35FN4O4S. The lowest BCUT2D eigenvalue weighted by Gasteiger charge is -2.23. The van der Waals surface area contributed by atoms with Gasteiger partial charge in [0, 0.05) is 47.4 Å². The molecule has 0 amide bonds. The SMILES string of the molecule is CCOCCCNS(=O)(=O)c1ccc(Oc2cc(C(C)(C)C)cc3cc4c(c(-c5ccccc5F)c23)C(=N)NC4=N)cc1. The summed E-state index contributed by atoms with van der Waals surface area (Å²) in [5.41, 5.74) is 2.36. The molecule has 0 saturated heterocycles. The van der Waals surface area contributed by atoms with E-state index in [1.165, 1.54) is 18.2 Å². The average Bonchev–Trinajstić information content (AvgIpc) is 3.24. The van der Waals surface area contributed by atoms with Gasteiger partial charge in [-0.2, -0.15) is 0 Å². The number of benzene rings is 4. The monoisotopic (exact) mass is 602 g/mol. The first-order valence-corrected chi connectivity index (χ1v) is 15.6. The van der Waals surface area contributed by atoms with Crippen molar-refractivity contribution in [3.63, 3.8) is 0 Å². The molecule has 0 unspecified atom stereocenters. The van der Waals surface area contributed by atoms with Gasteiger partial charge >= 0.3 is 0 Å².